The Hall–Kier alpha value is -0.210. The van der Waals surface area contributed by atoms with Gasteiger partial charge >= 0.3 is 0 Å². The number of unbranched alkanes of at least 4 members (excludes halogenated alkanes) is 1. The second kappa shape index (κ2) is 10.1. The molecule has 7 heteroatoms. The van der Waals surface area contributed by atoms with Crippen LogP contribution in [0, 0.1) is 6.92 Å². The normalized spacial score (nSPS) is 17.8. The maximum atomic E-state index is 12.0. The molecule has 1 aliphatic heterocycles. The Balaban J connectivity index is 1.62. The van der Waals surface area contributed by atoms with Crippen molar-refractivity contribution in [3.8, 4) is 0 Å². The lowest BCUT2D eigenvalue weighted by atomic mass is 10.1. The summed E-state index contributed by atoms with van der Waals surface area (Å²) in [5, 5.41) is 10.1. The number of aryl methyl sites for hydroxylation is 1. The van der Waals surface area contributed by atoms with E-state index < -0.39 is 10.1 Å². The first-order chi connectivity index (χ1) is 11.5. The zero-order chi connectivity index (χ0) is 17.4. The minimum Gasteiger partial charge on any atom is -0.393 e. The van der Waals surface area contributed by atoms with E-state index in [-0.39, 0.29) is 17.6 Å². The molecule has 1 atom stereocenters. The number of aliphatic hydroxyl groups is 1. The van der Waals surface area contributed by atoms with Crippen LogP contribution in [0.4, 0.5) is 0 Å². The molecule has 1 saturated heterocycles. The van der Waals surface area contributed by atoms with Crippen LogP contribution in [0.3, 0.4) is 0 Å². The highest BCUT2D eigenvalue weighted by Gasteiger charge is 2.18. The van der Waals surface area contributed by atoms with Crippen molar-refractivity contribution in [2.75, 3.05) is 18.1 Å². The molecule has 1 aromatic rings. The summed E-state index contributed by atoms with van der Waals surface area (Å²) in [6.07, 6.45) is 3.87. The monoisotopic (exact) mass is 390 g/mol. The third-order valence-electron chi connectivity index (χ3n) is 3.84. The molecule has 0 aromatic heterocycles. The summed E-state index contributed by atoms with van der Waals surface area (Å²) in [5.41, 5.74) is 1.01. The molecular weight excluding hydrogens is 364 g/mol. The van der Waals surface area contributed by atoms with Gasteiger partial charge in [-0.25, -0.2) is 0 Å². The van der Waals surface area contributed by atoms with Crippen molar-refractivity contribution in [2.45, 2.75) is 54.6 Å². The van der Waals surface area contributed by atoms with E-state index in [1.54, 1.807) is 24.3 Å². The first-order valence-electron chi connectivity index (χ1n) is 8.35. The molecule has 136 valence electrons. The number of aliphatic hydroxyl groups excluding tert-OH is 1. The highest BCUT2D eigenvalue weighted by Crippen LogP contribution is 2.34. The van der Waals surface area contributed by atoms with Crippen LogP contribution in [0.25, 0.3) is 0 Å². The van der Waals surface area contributed by atoms with Crippen molar-refractivity contribution in [1.82, 2.24) is 0 Å². The van der Waals surface area contributed by atoms with Gasteiger partial charge in [0, 0.05) is 0 Å². The van der Waals surface area contributed by atoms with Crippen LogP contribution < -0.4 is 0 Å². The second-order valence-corrected chi connectivity index (χ2v) is 10.5. The van der Waals surface area contributed by atoms with E-state index >= 15 is 0 Å². The van der Waals surface area contributed by atoms with Gasteiger partial charge in [0.1, 0.15) is 0 Å². The smallest absolute Gasteiger partial charge is 0.296 e. The zero-order valence-corrected chi connectivity index (χ0v) is 16.5. The van der Waals surface area contributed by atoms with Crippen LogP contribution in [-0.2, 0) is 14.3 Å². The van der Waals surface area contributed by atoms with Gasteiger partial charge in [0.05, 0.1) is 22.2 Å². The molecule has 2 rings (SSSR count). The molecule has 1 N–H and O–H groups in total. The maximum absolute atomic E-state index is 12.0. The van der Waals surface area contributed by atoms with Crippen molar-refractivity contribution in [2.24, 2.45) is 0 Å². The lowest BCUT2D eigenvalue weighted by Crippen LogP contribution is -2.16. The largest absolute Gasteiger partial charge is 0.393 e. The molecule has 4 nitrogen and oxygen atoms in total. The lowest BCUT2D eigenvalue weighted by Gasteiger charge is -2.23. The minimum absolute atomic E-state index is 0.163. The quantitative estimate of drug-likeness (QED) is 0.511. The molecular formula is C17H26O4S3. The summed E-state index contributed by atoms with van der Waals surface area (Å²) < 4.78 is 29.6. The van der Waals surface area contributed by atoms with Crippen LogP contribution in [0.2, 0.25) is 0 Å². The Morgan fingerprint density at radius 1 is 1.21 bits per heavy atom. The summed E-state index contributed by atoms with van der Waals surface area (Å²) in [4.78, 5) is 0.194. The summed E-state index contributed by atoms with van der Waals surface area (Å²) >= 11 is 3.87. The first kappa shape index (κ1) is 20.1. The lowest BCUT2D eigenvalue weighted by molar-refractivity contribution is 0.153. The molecule has 1 aliphatic rings. The van der Waals surface area contributed by atoms with E-state index in [0.717, 1.165) is 18.4 Å². The Morgan fingerprint density at radius 3 is 2.54 bits per heavy atom. The van der Waals surface area contributed by atoms with Crippen LogP contribution in [0.5, 0.6) is 0 Å². The molecule has 1 heterocycles. The average Bonchev–Trinajstić information content (AvgIpc) is 2.56. The molecule has 24 heavy (non-hydrogen) atoms. The molecule has 0 bridgehead atoms. The number of hydrogen-bond acceptors (Lipinski definition) is 6. The predicted molar refractivity (Wildman–Crippen MR) is 102 cm³/mol. The van der Waals surface area contributed by atoms with Crippen molar-refractivity contribution in [1.29, 1.82) is 0 Å². The van der Waals surface area contributed by atoms with Crippen molar-refractivity contribution in [3.05, 3.63) is 29.8 Å². The van der Waals surface area contributed by atoms with Gasteiger partial charge < -0.3 is 5.11 Å². The molecule has 0 amide bonds. The fourth-order valence-corrected chi connectivity index (χ4v) is 6.39. The van der Waals surface area contributed by atoms with Gasteiger partial charge in [-0.1, -0.05) is 17.7 Å². The Labute approximate surface area is 153 Å². The molecule has 1 unspecified atom stereocenters. The van der Waals surface area contributed by atoms with Gasteiger partial charge in [-0.3, -0.25) is 4.18 Å². The van der Waals surface area contributed by atoms with Crippen LogP contribution in [-0.4, -0.2) is 42.3 Å². The van der Waals surface area contributed by atoms with E-state index in [1.165, 1.54) is 17.9 Å². The van der Waals surface area contributed by atoms with Gasteiger partial charge in [-0.15, -0.1) is 23.5 Å². The van der Waals surface area contributed by atoms with Crippen molar-refractivity contribution in [3.63, 3.8) is 0 Å². The molecule has 0 saturated carbocycles. The van der Waals surface area contributed by atoms with Crippen molar-refractivity contribution < 1.29 is 17.7 Å². The topological polar surface area (TPSA) is 63.6 Å². The van der Waals surface area contributed by atoms with Gasteiger partial charge in [0.15, 0.2) is 0 Å². The summed E-state index contributed by atoms with van der Waals surface area (Å²) in [6, 6.07) is 6.64. The summed E-state index contributed by atoms with van der Waals surface area (Å²) in [5.74, 6) is 2.38. The summed E-state index contributed by atoms with van der Waals surface area (Å²) in [6.45, 7) is 2.07. The van der Waals surface area contributed by atoms with E-state index in [2.05, 4.69) is 0 Å². The Bertz CT molecular complexity index is 580. The van der Waals surface area contributed by atoms with Gasteiger partial charge in [0.2, 0.25) is 0 Å². The van der Waals surface area contributed by atoms with Gasteiger partial charge in [-0.2, -0.15) is 8.42 Å². The fraction of sp³-hybridized carbons (Fsp3) is 0.647. The second-order valence-electron chi connectivity index (χ2n) is 6.00. The third kappa shape index (κ3) is 6.96. The zero-order valence-electron chi connectivity index (χ0n) is 14.0. The molecule has 0 radical (unpaired) electrons. The van der Waals surface area contributed by atoms with Gasteiger partial charge in [-0.05, 0) is 62.7 Å². The predicted octanol–water partition coefficient (Wildman–Crippen LogP) is 3.82. The Kier molecular flexibility index (Phi) is 8.43. The maximum Gasteiger partial charge on any atom is 0.296 e. The van der Waals surface area contributed by atoms with E-state index in [9.17, 15) is 13.5 Å². The highest BCUT2D eigenvalue weighted by molar-refractivity contribution is 8.17. The minimum atomic E-state index is -3.67. The summed E-state index contributed by atoms with van der Waals surface area (Å²) in [7, 11) is -3.67. The van der Waals surface area contributed by atoms with E-state index in [0.29, 0.717) is 17.4 Å². The molecule has 0 aliphatic carbocycles. The number of thioether (sulfide) groups is 2. The van der Waals surface area contributed by atoms with Crippen LogP contribution >= 0.6 is 23.5 Å². The van der Waals surface area contributed by atoms with Crippen molar-refractivity contribution >= 4 is 33.6 Å². The molecule has 1 aromatic carbocycles. The number of hydrogen-bond donors (Lipinski definition) is 1. The van der Waals surface area contributed by atoms with E-state index in [4.69, 9.17) is 4.18 Å². The average molecular weight is 391 g/mol. The fourth-order valence-electron chi connectivity index (χ4n) is 2.44. The van der Waals surface area contributed by atoms with Gasteiger partial charge in [0.25, 0.3) is 10.1 Å². The molecule has 0 spiro atoms. The van der Waals surface area contributed by atoms with E-state index in [1.807, 2.05) is 30.4 Å². The number of rotatable bonds is 9. The highest BCUT2D eigenvalue weighted by atomic mass is 32.2. The van der Waals surface area contributed by atoms with Crippen LogP contribution in [0.15, 0.2) is 29.2 Å². The standard InChI is InChI=1S/C17H26O4S3/c1-14-6-8-16(9-7-14)24(19,20)21-10-3-2-5-15(18)13-17-22-11-4-12-23-17/h6-9,15,17-18H,2-5,10-13H2,1H3. The molecule has 1 fully saturated rings. The first-order valence-corrected chi connectivity index (χ1v) is 11.9. The van der Waals surface area contributed by atoms with Crippen LogP contribution in [0.1, 0.15) is 37.7 Å². The SMILES string of the molecule is Cc1ccc(S(=O)(=O)OCCCCC(O)CC2SCCCS2)cc1. The third-order valence-corrected chi connectivity index (χ3v) is 8.16. The number of benzene rings is 1. The Morgan fingerprint density at radius 2 is 1.88 bits per heavy atom.